The van der Waals surface area contributed by atoms with Crippen LogP contribution in [-0.2, 0) is 11.3 Å². The second-order valence-electron chi connectivity index (χ2n) is 8.59. The molecular formula is C20H33N3O2. The van der Waals surface area contributed by atoms with Crippen molar-refractivity contribution in [1.29, 1.82) is 0 Å². The number of nitrogens with zero attached hydrogens (tertiary/aromatic N) is 1. The molecule has 0 radical (unpaired) electrons. The minimum Gasteiger partial charge on any atom is -0.444 e. The Labute approximate surface area is 151 Å². The van der Waals surface area contributed by atoms with Crippen molar-refractivity contribution in [3.05, 3.63) is 35.9 Å². The van der Waals surface area contributed by atoms with Gasteiger partial charge < -0.3 is 15.8 Å². The van der Waals surface area contributed by atoms with Gasteiger partial charge in [-0.25, -0.2) is 4.79 Å². The van der Waals surface area contributed by atoms with E-state index in [-0.39, 0.29) is 11.6 Å². The van der Waals surface area contributed by atoms with Crippen molar-refractivity contribution in [3.8, 4) is 0 Å². The zero-order valence-electron chi connectivity index (χ0n) is 16.2. The number of hydrogen-bond acceptors (Lipinski definition) is 4. The number of carbonyl (C=O) groups is 1. The fourth-order valence-corrected chi connectivity index (χ4v) is 3.43. The lowest BCUT2D eigenvalue weighted by Crippen LogP contribution is -2.51. The highest BCUT2D eigenvalue weighted by atomic mass is 16.6. The highest BCUT2D eigenvalue weighted by Crippen LogP contribution is 2.32. The average molecular weight is 348 g/mol. The first-order chi connectivity index (χ1) is 11.6. The topological polar surface area (TPSA) is 67.6 Å². The Morgan fingerprint density at radius 1 is 1.24 bits per heavy atom. The Balaban J connectivity index is 2.00. The van der Waals surface area contributed by atoms with E-state index >= 15 is 0 Å². The van der Waals surface area contributed by atoms with Crippen molar-refractivity contribution in [2.45, 2.75) is 64.8 Å². The molecule has 2 atom stereocenters. The summed E-state index contributed by atoms with van der Waals surface area (Å²) in [7, 11) is 0. The highest BCUT2D eigenvalue weighted by Gasteiger charge is 2.41. The van der Waals surface area contributed by atoms with Crippen LogP contribution in [0.4, 0.5) is 4.79 Å². The number of nitrogens with one attached hydrogen (secondary N) is 1. The molecule has 3 N–H and O–H groups in total. The number of rotatable bonds is 5. The van der Waals surface area contributed by atoms with E-state index in [9.17, 15) is 4.79 Å². The molecule has 1 fully saturated rings. The molecule has 1 amide bonds. The number of alkyl carbamates (subject to hydrolysis) is 1. The zero-order valence-corrected chi connectivity index (χ0v) is 16.2. The van der Waals surface area contributed by atoms with Crippen LogP contribution in [0.25, 0.3) is 0 Å². The monoisotopic (exact) mass is 347 g/mol. The number of ether oxygens (including phenoxy) is 1. The summed E-state index contributed by atoms with van der Waals surface area (Å²) in [6, 6.07) is 10.8. The summed E-state index contributed by atoms with van der Waals surface area (Å²) in [6.45, 7) is 12.2. The van der Waals surface area contributed by atoms with Crippen LogP contribution in [0, 0.1) is 5.92 Å². The van der Waals surface area contributed by atoms with Gasteiger partial charge in [0.25, 0.3) is 0 Å². The predicted molar refractivity (Wildman–Crippen MR) is 101 cm³/mol. The molecule has 5 nitrogen and oxygen atoms in total. The Kier molecular flexibility index (Phi) is 6.12. The van der Waals surface area contributed by atoms with Gasteiger partial charge >= 0.3 is 6.09 Å². The molecule has 140 valence electrons. The van der Waals surface area contributed by atoms with Gasteiger partial charge in [0.1, 0.15) is 5.60 Å². The lowest BCUT2D eigenvalue weighted by Gasteiger charge is -2.33. The number of carbonyl (C=O) groups excluding carboxylic acids is 1. The smallest absolute Gasteiger partial charge is 0.408 e. The summed E-state index contributed by atoms with van der Waals surface area (Å²) in [6.07, 6.45) is 0.620. The molecule has 1 aliphatic rings. The van der Waals surface area contributed by atoms with Crippen molar-refractivity contribution in [2.75, 3.05) is 13.1 Å². The van der Waals surface area contributed by atoms with Crippen molar-refractivity contribution in [2.24, 2.45) is 11.7 Å². The van der Waals surface area contributed by atoms with E-state index in [1.165, 1.54) is 5.56 Å². The first-order valence-electron chi connectivity index (χ1n) is 9.10. The molecule has 1 aromatic carbocycles. The molecule has 0 aliphatic carbocycles. The molecule has 0 aromatic heterocycles. The molecule has 0 saturated carbocycles. The largest absolute Gasteiger partial charge is 0.444 e. The van der Waals surface area contributed by atoms with Gasteiger partial charge in [0.05, 0.1) is 0 Å². The van der Waals surface area contributed by atoms with Crippen molar-refractivity contribution in [1.82, 2.24) is 10.2 Å². The fraction of sp³-hybridized carbons (Fsp3) is 0.650. The van der Waals surface area contributed by atoms with E-state index in [1.54, 1.807) is 0 Å². The molecule has 1 unspecified atom stereocenters. The summed E-state index contributed by atoms with van der Waals surface area (Å²) >= 11 is 0. The van der Waals surface area contributed by atoms with E-state index in [0.717, 1.165) is 19.5 Å². The Morgan fingerprint density at radius 3 is 2.44 bits per heavy atom. The second-order valence-corrected chi connectivity index (χ2v) is 8.59. The average Bonchev–Trinajstić information content (AvgIpc) is 2.89. The van der Waals surface area contributed by atoms with Gasteiger partial charge in [-0.15, -0.1) is 0 Å². The minimum absolute atomic E-state index is 0.331. The number of likely N-dealkylation sites (tertiary alicyclic amines) is 1. The second kappa shape index (κ2) is 7.75. The molecule has 1 heterocycles. The third-order valence-corrected chi connectivity index (χ3v) is 4.87. The molecule has 5 heteroatoms. The third-order valence-electron chi connectivity index (χ3n) is 4.87. The highest BCUT2D eigenvalue weighted by molar-refractivity contribution is 5.68. The van der Waals surface area contributed by atoms with E-state index in [2.05, 4.69) is 48.3 Å². The van der Waals surface area contributed by atoms with Gasteiger partial charge in [-0.2, -0.15) is 0 Å². The standard InChI is InChI=1S/C20H33N3O2/c1-19(2,3)25-18(24)22-20(4,5)16-11-17(12-21)23(14-16)13-15-9-7-6-8-10-15/h6-10,16-17H,11-14,21H2,1-5H3,(H,22,24)/t16?,17-/m0/s1. The van der Waals surface area contributed by atoms with Crippen LogP contribution in [0.5, 0.6) is 0 Å². The Hall–Kier alpha value is -1.59. The lowest BCUT2D eigenvalue weighted by molar-refractivity contribution is 0.0437. The van der Waals surface area contributed by atoms with Crippen LogP contribution in [0.1, 0.15) is 46.6 Å². The molecule has 0 bridgehead atoms. The van der Waals surface area contributed by atoms with Crippen LogP contribution in [0.15, 0.2) is 30.3 Å². The summed E-state index contributed by atoms with van der Waals surface area (Å²) in [4.78, 5) is 14.6. The molecule has 0 spiro atoms. The minimum atomic E-state index is -0.491. The zero-order chi connectivity index (χ0) is 18.7. The summed E-state index contributed by atoms with van der Waals surface area (Å²) in [5.74, 6) is 0.331. The van der Waals surface area contributed by atoms with Crippen LogP contribution < -0.4 is 11.1 Å². The summed E-state index contributed by atoms with van der Waals surface area (Å²) in [5.41, 5.74) is 6.47. The quantitative estimate of drug-likeness (QED) is 0.859. The maximum Gasteiger partial charge on any atom is 0.408 e. The van der Waals surface area contributed by atoms with Crippen molar-refractivity contribution >= 4 is 6.09 Å². The summed E-state index contributed by atoms with van der Waals surface area (Å²) < 4.78 is 5.42. The molecule has 1 aliphatic heterocycles. The van der Waals surface area contributed by atoms with Gasteiger partial charge in [0.2, 0.25) is 0 Å². The Morgan fingerprint density at radius 2 is 1.88 bits per heavy atom. The first kappa shape index (κ1) is 19.7. The number of hydrogen-bond donors (Lipinski definition) is 2. The maximum atomic E-state index is 12.2. The van der Waals surface area contributed by atoms with Gasteiger partial charge in [-0.3, -0.25) is 4.90 Å². The number of benzene rings is 1. The van der Waals surface area contributed by atoms with E-state index in [4.69, 9.17) is 10.5 Å². The van der Waals surface area contributed by atoms with Crippen molar-refractivity contribution < 1.29 is 9.53 Å². The normalized spacial score (nSPS) is 22.0. The van der Waals surface area contributed by atoms with Crippen LogP contribution >= 0.6 is 0 Å². The van der Waals surface area contributed by atoms with Gasteiger partial charge in [0.15, 0.2) is 0 Å². The fourth-order valence-electron chi connectivity index (χ4n) is 3.43. The maximum absolute atomic E-state index is 12.2. The Bertz CT molecular complexity index is 566. The lowest BCUT2D eigenvalue weighted by atomic mass is 9.85. The van der Waals surface area contributed by atoms with Gasteiger partial charge in [-0.05, 0) is 52.5 Å². The van der Waals surface area contributed by atoms with E-state index in [1.807, 2.05) is 26.8 Å². The molecular weight excluding hydrogens is 314 g/mol. The van der Waals surface area contributed by atoms with E-state index in [0.29, 0.717) is 18.5 Å². The van der Waals surface area contributed by atoms with Crippen LogP contribution in [0.3, 0.4) is 0 Å². The van der Waals surface area contributed by atoms with Gasteiger partial charge in [0, 0.05) is 31.2 Å². The van der Waals surface area contributed by atoms with Crippen LogP contribution in [0.2, 0.25) is 0 Å². The summed E-state index contributed by atoms with van der Waals surface area (Å²) in [5, 5.41) is 3.06. The molecule has 25 heavy (non-hydrogen) atoms. The first-order valence-corrected chi connectivity index (χ1v) is 9.10. The number of nitrogens with two attached hydrogens (primary N) is 1. The SMILES string of the molecule is CC(C)(C)OC(=O)NC(C)(C)C1C[C@@H](CN)N(Cc2ccccc2)C1. The van der Waals surface area contributed by atoms with E-state index < -0.39 is 5.60 Å². The molecule has 1 saturated heterocycles. The molecule has 2 rings (SSSR count). The third kappa shape index (κ3) is 5.72. The van der Waals surface area contributed by atoms with Crippen LogP contribution in [-0.4, -0.2) is 41.3 Å². The predicted octanol–water partition coefficient (Wildman–Crippen LogP) is 3.14. The number of amides is 1. The molecule has 1 aromatic rings. The van der Waals surface area contributed by atoms with Crippen molar-refractivity contribution in [3.63, 3.8) is 0 Å². The van der Waals surface area contributed by atoms with Gasteiger partial charge in [-0.1, -0.05) is 30.3 Å².